The molecule has 0 saturated heterocycles. The third-order valence-corrected chi connectivity index (χ3v) is 4.82. The Hall–Kier alpha value is -2.74. The highest BCUT2D eigenvalue weighted by Gasteiger charge is 2.09. The molecule has 2 aromatic heterocycles. The number of rotatable bonds is 9. The molecule has 0 atom stereocenters. The number of carboxylic acid groups (broad SMARTS) is 1. The van der Waals surface area contributed by atoms with Gasteiger partial charge in [0.05, 0.1) is 6.20 Å². The molecule has 26 heavy (non-hydrogen) atoms. The molecule has 8 heteroatoms. The molecule has 3 rings (SSSR count). The van der Waals surface area contributed by atoms with Crippen LogP contribution in [0.2, 0.25) is 0 Å². The van der Waals surface area contributed by atoms with E-state index in [-0.39, 0.29) is 12.3 Å². The molecule has 1 aromatic carbocycles. The lowest BCUT2D eigenvalue weighted by atomic mass is 10.0. The van der Waals surface area contributed by atoms with Gasteiger partial charge in [-0.3, -0.25) is 4.68 Å². The maximum absolute atomic E-state index is 10.8. The number of aryl methyl sites for hydroxylation is 3. The topological polar surface area (TPSA) is 90.1 Å². The van der Waals surface area contributed by atoms with Crippen LogP contribution in [0, 0.1) is 6.92 Å². The van der Waals surface area contributed by atoms with Gasteiger partial charge in [0, 0.05) is 18.1 Å². The molecule has 1 N–H and O–H groups in total. The minimum absolute atomic E-state index is 0.0611. The maximum atomic E-state index is 10.8. The van der Waals surface area contributed by atoms with E-state index < -0.39 is 5.97 Å². The molecule has 0 aliphatic rings. The van der Waals surface area contributed by atoms with Crippen molar-refractivity contribution in [2.75, 3.05) is 0 Å². The number of carboxylic acids is 1. The first-order valence-electron chi connectivity index (χ1n) is 8.36. The summed E-state index contributed by atoms with van der Waals surface area (Å²) in [5, 5.41) is 18.8. The first-order valence-corrected chi connectivity index (χ1v) is 9.24. The van der Waals surface area contributed by atoms with E-state index in [0.717, 1.165) is 31.6 Å². The van der Waals surface area contributed by atoms with Crippen molar-refractivity contribution < 1.29 is 14.6 Å². The van der Waals surface area contributed by atoms with Gasteiger partial charge in [-0.15, -0.1) is 16.4 Å². The van der Waals surface area contributed by atoms with Gasteiger partial charge in [0.15, 0.2) is 5.69 Å². The number of carbonyl (C=O) groups is 1. The van der Waals surface area contributed by atoms with Gasteiger partial charge >= 0.3 is 5.97 Å². The fourth-order valence-corrected chi connectivity index (χ4v) is 3.28. The molecule has 3 aromatic rings. The predicted octanol–water partition coefficient (Wildman–Crippen LogP) is 3.34. The number of hydrogen-bond donors (Lipinski definition) is 1. The normalized spacial score (nSPS) is 10.8. The average Bonchev–Trinajstić information content (AvgIpc) is 3.30. The zero-order valence-corrected chi connectivity index (χ0v) is 15.3. The number of benzene rings is 1. The second kappa shape index (κ2) is 8.57. The van der Waals surface area contributed by atoms with E-state index in [1.54, 1.807) is 6.20 Å². The zero-order valence-electron chi connectivity index (χ0n) is 14.5. The lowest BCUT2D eigenvalue weighted by Gasteiger charge is -2.09. The lowest BCUT2D eigenvalue weighted by Crippen LogP contribution is -2.01. The van der Waals surface area contributed by atoms with Crippen LogP contribution in [0.3, 0.4) is 0 Å². The zero-order chi connectivity index (χ0) is 18.4. The molecular formula is C18H20N4O3S. The van der Waals surface area contributed by atoms with E-state index in [2.05, 4.69) is 28.3 Å². The Morgan fingerprint density at radius 3 is 2.92 bits per heavy atom. The van der Waals surface area contributed by atoms with Crippen LogP contribution in [0.15, 0.2) is 36.0 Å². The largest absolute Gasteiger partial charge is 0.486 e. The van der Waals surface area contributed by atoms with E-state index in [1.165, 1.54) is 27.8 Å². The third-order valence-electron chi connectivity index (χ3n) is 4.00. The summed E-state index contributed by atoms with van der Waals surface area (Å²) in [6.07, 6.45) is 6.71. The Morgan fingerprint density at radius 2 is 2.23 bits per heavy atom. The highest BCUT2D eigenvalue weighted by Crippen LogP contribution is 2.21. The summed E-state index contributed by atoms with van der Waals surface area (Å²) in [5.41, 5.74) is 2.55. The molecule has 7 nitrogen and oxygen atoms in total. The Bertz CT molecular complexity index is 861. The van der Waals surface area contributed by atoms with Crippen molar-refractivity contribution in [3.8, 4) is 5.75 Å². The standard InChI is InChI=1S/C18H20N4O3S/c1-13-10-15(25-11-17-20-16(12-26-17)18(23)24)6-5-14(13)4-2-3-8-22-9-7-19-21-22/h5-7,9-10,12H,2-4,8,11H2,1H3,(H,23,24). The van der Waals surface area contributed by atoms with Crippen molar-refractivity contribution in [2.45, 2.75) is 39.3 Å². The fraction of sp³-hybridized carbons (Fsp3) is 0.333. The van der Waals surface area contributed by atoms with Gasteiger partial charge < -0.3 is 9.84 Å². The smallest absolute Gasteiger partial charge is 0.355 e. The SMILES string of the molecule is Cc1cc(OCc2nc(C(=O)O)cs2)ccc1CCCCn1ccnn1. The third kappa shape index (κ3) is 4.89. The molecule has 0 amide bonds. The molecule has 0 saturated carbocycles. The summed E-state index contributed by atoms with van der Waals surface area (Å²) in [6, 6.07) is 6.05. The van der Waals surface area contributed by atoms with Crippen LogP contribution in [0.25, 0.3) is 0 Å². The fourth-order valence-electron chi connectivity index (χ4n) is 2.60. The molecule has 0 fully saturated rings. The summed E-state index contributed by atoms with van der Waals surface area (Å²) in [7, 11) is 0. The van der Waals surface area contributed by atoms with Crippen molar-refractivity contribution in [3.05, 3.63) is 57.8 Å². The monoisotopic (exact) mass is 372 g/mol. The van der Waals surface area contributed by atoms with Crippen molar-refractivity contribution in [3.63, 3.8) is 0 Å². The van der Waals surface area contributed by atoms with E-state index in [1.807, 2.05) is 23.0 Å². The van der Waals surface area contributed by atoms with Crippen LogP contribution in [0.4, 0.5) is 0 Å². The molecule has 0 unspecified atom stereocenters. The summed E-state index contributed by atoms with van der Waals surface area (Å²) < 4.78 is 7.58. The minimum Gasteiger partial charge on any atom is -0.486 e. The minimum atomic E-state index is -1.02. The van der Waals surface area contributed by atoms with E-state index in [4.69, 9.17) is 9.84 Å². The van der Waals surface area contributed by atoms with Crippen molar-refractivity contribution in [1.29, 1.82) is 0 Å². The van der Waals surface area contributed by atoms with Crippen molar-refractivity contribution in [2.24, 2.45) is 0 Å². The van der Waals surface area contributed by atoms with Gasteiger partial charge in [0.1, 0.15) is 17.4 Å². The van der Waals surface area contributed by atoms with Crippen molar-refractivity contribution >= 4 is 17.3 Å². The lowest BCUT2D eigenvalue weighted by molar-refractivity contribution is 0.0691. The molecule has 136 valence electrons. The van der Waals surface area contributed by atoms with Gasteiger partial charge in [-0.1, -0.05) is 11.3 Å². The summed E-state index contributed by atoms with van der Waals surface area (Å²) >= 11 is 1.29. The van der Waals surface area contributed by atoms with Gasteiger partial charge in [-0.05, 0) is 49.4 Å². The number of aromatic carboxylic acids is 1. The summed E-state index contributed by atoms with van der Waals surface area (Å²) in [5.74, 6) is -0.252. The second-order valence-electron chi connectivity index (χ2n) is 5.93. The molecule has 0 aliphatic heterocycles. The van der Waals surface area contributed by atoms with Gasteiger partial charge in [-0.25, -0.2) is 9.78 Å². The van der Waals surface area contributed by atoms with E-state index in [0.29, 0.717) is 5.01 Å². The molecular weight excluding hydrogens is 352 g/mol. The van der Waals surface area contributed by atoms with Gasteiger partial charge in [0.25, 0.3) is 0 Å². The number of hydrogen-bond acceptors (Lipinski definition) is 6. The Kier molecular flexibility index (Phi) is 5.96. The molecule has 0 spiro atoms. The maximum Gasteiger partial charge on any atom is 0.355 e. The number of unbranched alkanes of at least 4 members (excludes halogenated alkanes) is 1. The van der Waals surface area contributed by atoms with Crippen LogP contribution < -0.4 is 4.74 Å². The number of ether oxygens (including phenoxy) is 1. The van der Waals surface area contributed by atoms with Crippen LogP contribution in [0.5, 0.6) is 5.75 Å². The molecule has 2 heterocycles. The number of nitrogens with zero attached hydrogens (tertiary/aromatic N) is 4. The number of aromatic nitrogens is 4. The van der Waals surface area contributed by atoms with Gasteiger partial charge in [0.2, 0.25) is 0 Å². The van der Waals surface area contributed by atoms with E-state index in [9.17, 15) is 4.79 Å². The average molecular weight is 372 g/mol. The van der Waals surface area contributed by atoms with Gasteiger partial charge in [-0.2, -0.15) is 0 Å². The molecule has 0 aliphatic carbocycles. The summed E-state index contributed by atoms with van der Waals surface area (Å²) in [4.78, 5) is 14.9. The molecule has 0 bridgehead atoms. The molecule has 0 radical (unpaired) electrons. The Balaban J connectivity index is 1.47. The van der Waals surface area contributed by atoms with E-state index >= 15 is 0 Å². The second-order valence-corrected chi connectivity index (χ2v) is 6.87. The van der Waals surface area contributed by atoms with Crippen LogP contribution >= 0.6 is 11.3 Å². The first kappa shape index (κ1) is 18.1. The highest BCUT2D eigenvalue weighted by atomic mass is 32.1. The summed E-state index contributed by atoms with van der Waals surface area (Å²) in [6.45, 7) is 3.23. The van der Waals surface area contributed by atoms with Crippen LogP contribution in [-0.2, 0) is 19.6 Å². The first-order chi connectivity index (χ1) is 12.6. The predicted molar refractivity (Wildman–Crippen MR) is 97.5 cm³/mol. The Morgan fingerprint density at radius 1 is 1.35 bits per heavy atom. The van der Waals surface area contributed by atoms with Crippen LogP contribution in [0.1, 0.15) is 39.5 Å². The quantitative estimate of drug-likeness (QED) is 0.579. The Labute approximate surface area is 155 Å². The highest BCUT2D eigenvalue weighted by molar-refractivity contribution is 7.09. The number of thiazole rings is 1. The van der Waals surface area contributed by atoms with Crippen molar-refractivity contribution in [1.82, 2.24) is 20.0 Å². The van der Waals surface area contributed by atoms with Crippen LogP contribution in [-0.4, -0.2) is 31.1 Å².